The van der Waals surface area contributed by atoms with Crippen LogP contribution in [0.4, 0.5) is 0 Å². The molecule has 2 rings (SSSR count). The summed E-state index contributed by atoms with van der Waals surface area (Å²) in [6.07, 6.45) is 0.537. The average molecular weight is 382 g/mol. The van der Waals surface area contributed by atoms with Crippen LogP contribution in [0.5, 0.6) is 5.88 Å². The van der Waals surface area contributed by atoms with Gasteiger partial charge in [-0.15, -0.1) is 0 Å². The molecule has 7 heteroatoms. The Morgan fingerprint density at radius 3 is 2.52 bits per heavy atom. The lowest BCUT2D eigenvalue weighted by Crippen LogP contribution is -2.10. The van der Waals surface area contributed by atoms with Crippen LogP contribution in [0.3, 0.4) is 0 Å². The number of nitrogens with zero attached hydrogens (tertiary/aromatic N) is 1. The van der Waals surface area contributed by atoms with Crippen molar-refractivity contribution >= 4 is 28.4 Å². The smallest absolute Gasteiger partial charge is 0.338 e. The van der Waals surface area contributed by atoms with Crippen LogP contribution in [0.25, 0.3) is 0 Å². The van der Waals surface area contributed by atoms with Gasteiger partial charge in [-0.25, -0.2) is 9.78 Å². The first-order valence-electron chi connectivity index (χ1n) is 7.90. The molecule has 0 amide bonds. The van der Waals surface area contributed by atoms with E-state index in [1.165, 1.54) is 0 Å². The summed E-state index contributed by atoms with van der Waals surface area (Å²) >= 11 is 5.76. The van der Waals surface area contributed by atoms with Crippen LogP contribution < -0.4 is 4.74 Å². The fourth-order valence-corrected chi connectivity index (χ4v) is 3.06. The van der Waals surface area contributed by atoms with Crippen molar-refractivity contribution in [1.29, 1.82) is 0 Å². The minimum atomic E-state index is -1.07. The zero-order chi connectivity index (χ0) is 18.2. The van der Waals surface area contributed by atoms with Crippen LogP contribution in [0, 0.1) is 0 Å². The monoisotopic (exact) mass is 381 g/mol. The second kappa shape index (κ2) is 9.53. The minimum absolute atomic E-state index is 0.0341. The summed E-state index contributed by atoms with van der Waals surface area (Å²) < 4.78 is 22.6. The van der Waals surface area contributed by atoms with E-state index in [0.29, 0.717) is 34.5 Å². The Kier molecular flexibility index (Phi) is 7.40. The van der Waals surface area contributed by atoms with Gasteiger partial charge in [-0.05, 0) is 30.3 Å². The molecule has 25 heavy (non-hydrogen) atoms. The molecule has 134 valence electrons. The Morgan fingerprint density at radius 2 is 1.88 bits per heavy atom. The first kappa shape index (κ1) is 19.4. The van der Waals surface area contributed by atoms with Crippen molar-refractivity contribution in [3.63, 3.8) is 0 Å². The Bertz CT molecular complexity index is 734. The van der Waals surface area contributed by atoms with Crippen LogP contribution in [0.15, 0.2) is 47.4 Å². The lowest BCUT2D eigenvalue weighted by Gasteiger charge is -2.08. The number of carbonyl (C=O) groups is 1. The van der Waals surface area contributed by atoms with Crippen molar-refractivity contribution in [3.05, 3.63) is 53.2 Å². The van der Waals surface area contributed by atoms with E-state index >= 15 is 0 Å². The molecule has 1 aromatic carbocycles. The highest BCUT2D eigenvalue weighted by atomic mass is 35.5. The van der Waals surface area contributed by atoms with E-state index in [-0.39, 0.29) is 11.9 Å². The zero-order valence-corrected chi connectivity index (χ0v) is 15.7. The van der Waals surface area contributed by atoms with E-state index in [9.17, 15) is 9.00 Å². The van der Waals surface area contributed by atoms with Gasteiger partial charge in [0.25, 0.3) is 0 Å². The van der Waals surface area contributed by atoms with Gasteiger partial charge in [-0.1, -0.05) is 31.5 Å². The maximum atomic E-state index is 12.0. The zero-order valence-electron chi connectivity index (χ0n) is 14.1. The molecule has 1 atom stereocenters. The third-order valence-corrected chi connectivity index (χ3v) is 5.02. The number of benzene rings is 1. The molecule has 5 nitrogen and oxygen atoms in total. The van der Waals surface area contributed by atoms with Crippen molar-refractivity contribution in [2.45, 2.75) is 30.4 Å². The quantitative estimate of drug-likeness (QED) is 0.394. The highest BCUT2D eigenvalue weighted by Gasteiger charge is 2.11. The first-order valence-corrected chi connectivity index (χ1v) is 9.49. The largest absolute Gasteiger partial charge is 0.477 e. The predicted octanol–water partition coefficient (Wildman–Crippen LogP) is 3.88. The molecule has 0 aliphatic carbocycles. The summed E-state index contributed by atoms with van der Waals surface area (Å²) in [5, 5.41) is 0.401. The molecule has 1 heterocycles. The number of halogens is 1. The Labute approximate surface area is 154 Å². The topological polar surface area (TPSA) is 65.5 Å². The molecule has 0 bridgehead atoms. The highest BCUT2D eigenvalue weighted by molar-refractivity contribution is 7.85. The Balaban J connectivity index is 1.74. The SMILES string of the molecule is CC(C)[S@](=O)c1ccc(C(=O)OCCCOc2cccc(Cl)n2)cc1. The van der Waals surface area contributed by atoms with Crippen molar-refractivity contribution in [3.8, 4) is 5.88 Å². The van der Waals surface area contributed by atoms with Gasteiger partial charge in [0, 0.05) is 22.6 Å². The Morgan fingerprint density at radius 1 is 1.16 bits per heavy atom. The van der Waals surface area contributed by atoms with Gasteiger partial charge in [0.15, 0.2) is 0 Å². The molecular formula is C18H20ClNO4S. The minimum Gasteiger partial charge on any atom is -0.477 e. The van der Waals surface area contributed by atoms with E-state index < -0.39 is 16.8 Å². The number of esters is 1. The summed E-state index contributed by atoms with van der Waals surface area (Å²) in [5.74, 6) is 0.0235. The van der Waals surface area contributed by atoms with Gasteiger partial charge in [0.05, 0.1) is 29.6 Å². The molecule has 2 aromatic rings. The fraction of sp³-hybridized carbons (Fsp3) is 0.333. The highest BCUT2D eigenvalue weighted by Crippen LogP contribution is 2.14. The summed E-state index contributed by atoms with van der Waals surface area (Å²) in [6.45, 7) is 4.38. The summed E-state index contributed by atoms with van der Waals surface area (Å²) in [6, 6.07) is 11.8. The van der Waals surface area contributed by atoms with Gasteiger partial charge in [-0.2, -0.15) is 0 Å². The summed E-state index contributed by atoms with van der Waals surface area (Å²) in [7, 11) is -1.07. The molecule has 0 fully saturated rings. The van der Waals surface area contributed by atoms with Crippen molar-refractivity contribution < 1.29 is 18.5 Å². The van der Waals surface area contributed by atoms with E-state index in [2.05, 4.69) is 4.98 Å². The molecule has 0 aliphatic rings. The number of carbonyl (C=O) groups excluding carboxylic acids is 1. The number of ether oxygens (including phenoxy) is 2. The summed E-state index contributed by atoms with van der Waals surface area (Å²) in [5.41, 5.74) is 0.432. The Hall–Kier alpha value is -1.92. The molecule has 0 aliphatic heterocycles. The van der Waals surface area contributed by atoms with Crippen molar-refractivity contribution in [2.24, 2.45) is 0 Å². The van der Waals surface area contributed by atoms with Crippen LogP contribution in [0.1, 0.15) is 30.6 Å². The van der Waals surface area contributed by atoms with Gasteiger partial charge >= 0.3 is 5.97 Å². The lowest BCUT2D eigenvalue weighted by atomic mass is 10.2. The molecular weight excluding hydrogens is 362 g/mol. The van der Waals surface area contributed by atoms with Gasteiger partial charge in [0.1, 0.15) is 5.15 Å². The van der Waals surface area contributed by atoms with Crippen molar-refractivity contribution in [2.75, 3.05) is 13.2 Å². The third-order valence-electron chi connectivity index (χ3n) is 3.21. The van der Waals surface area contributed by atoms with E-state index in [0.717, 1.165) is 0 Å². The first-order chi connectivity index (χ1) is 12.0. The van der Waals surface area contributed by atoms with E-state index in [1.807, 2.05) is 13.8 Å². The number of hydrogen-bond acceptors (Lipinski definition) is 5. The van der Waals surface area contributed by atoms with Crippen molar-refractivity contribution in [1.82, 2.24) is 4.98 Å². The van der Waals surface area contributed by atoms with Crippen LogP contribution in [0.2, 0.25) is 5.15 Å². The second-order valence-corrected chi connectivity index (χ2v) is 7.90. The summed E-state index contributed by atoms with van der Waals surface area (Å²) in [4.78, 5) is 16.7. The molecule has 0 saturated carbocycles. The van der Waals surface area contributed by atoms with E-state index in [4.69, 9.17) is 21.1 Å². The lowest BCUT2D eigenvalue weighted by molar-refractivity contribution is 0.0485. The number of rotatable bonds is 8. The van der Waals surface area contributed by atoms with Gasteiger partial charge < -0.3 is 9.47 Å². The predicted molar refractivity (Wildman–Crippen MR) is 97.6 cm³/mol. The molecule has 0 unspecified atom stereocenters. The molecule has 0 N–H and O–H groups in total. The maximum absolute atomic E-state index is 12.0. The molecule has 1 aromatic heterocycles. The van der Waals surface area contributed by atoms with Crippen LogP contribution in [-0.4, -0.2) is 33.6 Å². The fourth-order valence-electron chi connectivity index (χ4n) is 1.95. The maximum Gasteiger partial charge on any atom is 0.338 e. The molecule has 0 radical (unpaired) electrons. The number of aromatic nitrogens is 1. The normalized spacial score (nSPS) is 12.0. The molecule has 0 saturated heterocycles. The van der Waals surface area contributed by atoms with E-state index in [1.54, 1.807) is 42.5 Å². The molecule has 0 spiro atoms. The number of hydrogen-bond donors (Lipinski definition) is 0. The third kappa shape index (κ3) is 6.14. The van der Waals surface area contributed by atoms with Gasteiger partial charge in [-0.3, -0.25) is 4.21 Å². The van der Waals surface area contributed by atoms with Crippen LogP contribution >= 0.6 is 11.6 Å². The second-order valence-electron chi connectivity index (χ2n) is 5.51. The number of pyridine rings is 1. The average Bonchev–Trinajstić information content (AvgIpc) is 2.60. The van der Waals surface area contributed by atoms with Gasteiger partial charge in [0.2, 0.25) is 5.88 Å². The standard InChI is InChI=1S/C18H20ClNO4S/c1-13(2)25(22)15-9-7-14(8-10-15)18(21)24-12-4-11-23-17-6-3-5-16(19)20-17/h3,5-10,13H,4,11-12H2,1-2H3/t25-/m0/s1. The van der Waals surface area contributed by atoms with Crippen LogP contribution in [-0.2, 0) is 15.5 Å².